The maximum Gasteiger partial charge on any atom is 0.126 e. The highest BCUT2D eigenvalue weighted by Crippen LogP contribution is 2.27. The smallest absolute Gasteiger partial charge is 0.126 e. The third-order valence-corrected chi connectivity index (χ3v) is 3.24. The van der Waals surface area contributed by atoms with Crippen molar-refractivity contribution in [1.29, 1.82) is 5.26 Å². The lowest BCUT2D eigenvalue weighted by atomic mass is 10.0. The first-order chi connectivity index (χ1) is 9.63. The van der Waals surface area contributed by atoms with Crippen molar-refractivity contribution < 1.29 is 9.13 Å². The van der Waals surface area contributed by atoms with Crippen LogP contribution in [0.25, 0.3) is 11.6 Å². The van der Waals surface area contributed by atoms with Gasteiger partial charge in [0, 0.05) is 10.0 Å². The Bertz CT molecular complexity index is 704. The molecule has 0 aliphatic heterocycles. The fraction of sp³-hybridized carbons (Fsp3) is 0.0625. The van der Waals surface area contributed by atoms with Crippen molar-refractivity contribution in [3.05, 3.63) is 63.9 Å². The molecular weight excluding hydrogens is 321 g/mol. The molecule has 20 heavy (non-hydrogen) atoms. The summed E-state index contributed by atoms with van der Waals surface area (Å²) in [6.07, 6.45) is 1.68. The van der Waals surface area contributed by atoms with E-state index in [1.165, 1.54) is 12.1 Å². The number of methoxy groups -OCH3 is 1. The summed E-state index contributed by atoms with van der Waals surface area (Å²) in [6.45, 7) is 0. The van der Waals surface area contributed by atoms with Crippen LogP contribution in [0.3, 0.4) is 0 Å². The van der Waals surface area contributed by atoms with Crippen molar-refractivity contribution in [2.75, 3.05) is 7.11 Å². The number of allylic oxidation sites excluding steroid dienone is 1. The Balaban J connectivity index is 2.52. The van der Waals surface area contributed by atoms with E-state index in [-0.39, 0.29) is 5.82 Å². The highest BCUT2D eigenvalue weighted by molar-refractivity contribution is 9.10. The van der Waals surface area contributed by atoms with Gasteiger partial charge in [0.25, 0.3) is 0 Å². The van der Waals surface area contributed by atoms with Crippen LogP contribution in [0.5, 0.6) is 5.75 Å². The van der Waals surface area contributed by atoms with E-state index in [0.717, 1.165) is 10.0 Å². The molecule has 0 N–H and O–H groups in total. The monoisotopic (exact) mass is 331 g/mol. The molecule has 0 heterocycles. The normalized spacial score (nSPS) is 11.0. The average Bonchev–Trinajstić information content (AvgIpc) is 2.45. The van der Waals surface area contributed by atoms with E-state index in [1.807, 2.05) is 12.1 Å². The summed E-state index contributed by atoms with van der Waals surface area (Å²) in [6, 6.07) is 13.5. The zero-order valence-corrected chi connectivity index (χ0v) is 12.3. The van der Waals surface area contributed by atoms with Gasteiger partial charge >= 0.3 is 0 Å². The summed E-state index contributed by atoms with van der Waals surface area (Å²) in [5.74, 6) is 0.280. The highest BCUT2D eigenvalue weighted by atomic mass is 79.9. The second-order valence-electron chi connectivity index (χ2n) is 4.07. The Labute approximate surface area is 125 Å². The highest BCUT2D eigenvalue weighted by Gasteiger charge is 2.06. The Hall–Kier alpha value is -2.12. The zero-order chi connectivity index (χ0) is 14.5. The summed E-state index contributed by atoms with van der Waals surface area (Å²) >= 11 is 3.38. The van der Waals surface area contributed by atoms with Crippen molar-refractivity contribution in [3.63, 3.8) is 0 Å². The van der Waals surface area contributed by atoms with Crippen molar-refractivity contribution in [2.45, 2.75) is 0 Å². The van der Waals surface area contributed by atoms with Crippen molar-refractivity contribution in [3.8, 4) is 11.8 Å². The average molecular weight is 332 g/mol. The summed E-state index contributed by atoms with van der Waals surface area (Å²) in [5, 5.41) is 9.27. The largest absolute Gasteiger partial charge is 0.496 e. The molecule has 4 heteroatoms. The van der Waals surface area contributed by atoms with Gasteiger partial charge in [-0.15, -0.1) is 0 Å². The van der Waals surface area contributed by atoms with E-state index in [1.54, 1.807) is 31.4 Å². The van der Waals surface area contributed by atoms with Crippen molar-refractivity contribution in [1.82, 2.24) is 0 Å². The van der Waals surface area contributed by atoms with E-state index in [4.69, 9.17) is 4.74 Å². The fourth-order valence-electron chi connectivity index (χ4n) is 1.81. The van der Waals surface area contributed by atoms with Crippen LogP contribution in [0.4, 0.5) is 4.39 Å². The van der Waals surface area contributed by atoms with Crippen LogP contribution >= 0.6 is 15.9 Å². The number of rotatable bonds is 3. The summed E-state index contributed by atoms with van der Waals surface area (Å²) in [7, 11) is 1.56. The third kappa shape index (κ3) is 3.25. The molecule has 0 aliphatic rings. The molecule has 0 atom stereocenters. The molecule has 2 aromatic carbocycles. The molecule has 2 rings (SSSR count). The fourth-order valence-corrected chi connectivity index (χ4v) is 2.19. The van der Waals surface area contributed by atoms with E-state index >= 15 is 0 Å². The Morgan fingerprint density at radius 3 is 2.75 bits per heavy atom. The topological polar surface area (TPSA) is 33.0 Å². The molecule has 0 unspecified atom stereocenters. The number of hydrogen-bond acceptors (Lipinski definition) is 2. The number of ether oxygens (including phenoxy) is 1. The van der Waals surface area contributed by atoms with E-state index < -0.39 is 0 Å². The first-order valence-corrected chi connectivity index (χ1v) is 6.64. The maximum atomic E-state index is 13.2. The van der Waals surface area contributed by atoms with Gasteiger partial charge in [0.2, 0.25) is 0 Å². The van der Waals surface area contributed by atoms with E-state index in [0.29, 0.717) is 16.9 Å². The number of nitriles is 1. The van der Waals surface area contributed by atoms with Crippen LogP contribution in [-0.2, 0) is 0 Å². The number of benzene rings is 2. The predicted octanol–water partition coefficient (Wildman–Crippen LogP) is 4.66. The number of hydrogen-bond donors (Lipinski definition) is 0. The summed E-state index contributed by atoms with van der Waals surface area (Å²) < 4.78 is 19.4. The minimum atomic E-state index is -0.371. The quantitative estimate of drug-likeness (QED) is 0.605. The lowest BCUT2D eigenvalue weighted by molar-refractivity contribution is 0.414. The number of nitrogens with zero attached hydrogens (tertiary/aromatic N) is 1. The van der Waals surface area contributed by atoms with Gasteiger partial charge in [0.1, 0.15) is 11.6 Å². The predicted molar refractivity (Wildman–Crippen MR) is 80.6 cm³/mol. The lowest BCUT2D eigenvalue weighted by Crippen LogP contribution is -1.89. The molecule has 0 amide bonds. The van der Waals surface area contributed by atoms with Crippen LogP contribution in [0.15, 0.2) is 46.9 Å². The SMILES string of the molecule is COc1ccc(Br)cc1/C=C(/C#N)c1cccc(F)c1. The van der Waals surface area contributed by atoms with Gasteiger partial charge < -0.3 is 4.74 Å². The van der Waals surface area contributed by atoms with Gasteiger partial charge in [0.05, 0.1) is 18.8 Å². The zero-order valence-electron chi connectivity index (χ0n) is 10.7. The molecular formula is C16H11BrFNO. The van der Waals surface area contributed by atoms with Gasteiger partial charge in [-0.05, 0) is 42.0 Å². The van der Waals surface area contributed by atoms with Crippen LogP contribution in [0.2, 0.25) is 0 Å². The van der Waals surface area contributed by atoms with Crippen LogP contribution in [0.1, 0.15) is 11.1 Å². The molecule has 0 bridgehead atoms. The molecule has 0 radical (unpaired) electrons. The van der Waals surface area contributed by atoms with Crippen molar-refractivity contribution in [2.24, 2.45) is 0 Å². The number of halogens is 2. The molecule has 0 aliphatic carbocycles. The molecule has 0 saturated carbocycles. The van der Waals surface area contributed by atoms with Gasteiger partial charge in [-0.2, -0.15) is 5.26 Å². The molecule has 0 aromatic heterocycles. The molecule has 0 saturated heterocycles. The first kappa shape index (κ1) is 14.3. The molecule has 2 aromatic rings. The van der Waals surface area contributed by atoms with Crippen LogP contribution < -0.4 is 4.74 Å². The Morgan fingerprint density at radius 1 is 1.30 bits per heavy atom. The minimum Gasteiger partial charge on any atom is -0.496 e. The molecule has 0 fully saturated rings. The second-order valence-corrected chi connectivity index (χ2v) is 4.98. The van der Waals surface area contributed by atoms with Gasteiger partial charge in [0.15, 0.2) is 0 Å². The first-order valence-electron chi connectivity index (χ1n) is 5.85. The van der Waals surface area contributed by atoms with E-state index in [2.05, 4.69) is 22.0 Å². The molecule has 2 nitrogen and oxygen atoms in total. The van der Waals surface area contributed by atoms with Crippen LogP contribution in [-0.4, -0.2) is 7.11 Å². The van der Waals surface area contributed by atoms with E-state index in [9.17, 15) is 9.65 Å². The lowest BCUT2D eigenvalue weighted by Gasteiger charge is -2.06. The molecule has 100 valence electrons. The van der Waals surface area contributed by atoms with Gasteiger partial charge in [-0.3, -0.25) is 0 Å². The Kier molecular flexibility index (Phi) is 4.54. The second kappa shape index (κ2) is 6.36. The van der Waals surface area contributed by atoms with Crippen molar-refractivity contribution >= 4 is 27.6 Å². The van der Waals surface area contributed by atoms with Crippen LogP contribution in [0, 0.1) is 17.1 Å². The Morgan fingerprint density at radius 2 is 2.10 bits per heavy atom. The minimum absolute atomic E-state index is 0.371. The maximum absolute atomic E-state index is 13.2. The standard InChI is InChI=1S/C16H11BrFNO/c1-20-16-6-5-14(17)8-12(16)7-13(10-19)11-3-2-4-15(18)9-11/h2-9H,1H3/b13-7-. The molecule has 0 spiro atoms. The van der Waals surface area contributed by atoms with Gasteiger partial charge in [-0.25, -0.2) is 4.39 Å². The summed E-state index contributed by atoms with van der Waals surface area (Å²) in [4.78, 5) is 0. The van der Waals surface area contributed by atoms with Gasteiger partial charge in [-0.1, -0.05) is 28.1 Å². The summed E-state index contributed by atoms with van der Waals surface area (Å²) in [5.41, 5.74) is 1.66. The third-order valence-electron chi connectivity index (χ3n) is 2.75.